The van der Waals surface area contributed by atoms with Gasteiger partial charge in [0.25, 0.3) is 0 Å². The minimum absolute atomic E-state index is 0.106. The lowest BCUT2D eigenvalue weighted by Crippen LogP contribution is -2.40. The molecule has 0 spiro atoms. The minimum Gasteiger partial charge on any atom is -0.487 e. The van der Waals surface area contributed by atoms with Crippen LogP contribution in [0.5, 0.6) is 5.75 Å². The van der Waals surface area contributed by atoms with Gasteiger partial charge in [-0.25, -0.2) is 9.18 Å². The first-order valence-corrected chi connectivity index (χ1v) is 8.56. The number of ether oxygens (including phenoxy) is 1. The van der Waals surface area contributed by atoms with Crippen molar-refractivity contribution in [1.29, 1.82) is 0 Å². The fourth-order valence-corrected chi connectivity index (χ4v) is 3.27. The average molecular weight is 364 g/mol. The van der Waals surface area contributed by atoms with E-state index in [4.69, 9.17) is 21.4 Å². The Morgan fingerprint density at radius 2 is 2.08 bits per heavy atom. The maximum absolute atomic E-state index is 13.9. The maximum Gasteiger partial charge on any atom is 0.338 e. The summed E-state index contributed by atoms with van der Waals surface area (Å²) in [7, 11) is 0. The number of piperidine rings is 1. The van der Waals surface area contributed by atoms with Crippen LogP contribution in [0.15, 0.2) is 42.5 Å². The van der Waals surface area contributed by atoms with Gasteiger partial charge in [0.15, 0.2) is 0 Å². The number of aromatic carboxylic acids is 1. The number of rotatable bonds is 5. The number of hydrogen-bond donors (Lipinski definition) is 1. The van der Waals surface area contributed by atoms with Crippen LogP contribution in [0.2, 0.25) is 5.02 Å². The Balaban J connectivity index is 1.66. The van der Waals surface area contributed by atoms with Gasteiger partial charge in [0.1, 0.15) is 17.7 Å². The monoisotopic (exact) mass is 363 g/mol. The van der Waals surface area contributed by atoms with E-state index in [0.717, 1.165) is 38.1 Å². The zero-order valence-electron chi connectivity index (χ0n) is 13.6. The molecule has 0 radical (unpaired) electrons. The smallest absolute Gasteiger partial charge is 0.338 e. The van der Waals surface area contributed by atoms with Gasteiger partial charge < -0.3 is 9.84 Å². The van der Waals surface area contributed by atoms with E-state index in [-0.39, 0.29) is 16.9 Å². The molecule has 0 amide bonds. The standard InChI is InChI=1S/C19H19ClFNO3/c20-16-9-15(19(23)24)17(21)10-18(16)25-14-7-4-8-22(12-14)11-13-5-2-1-3-6-13/h1-3,5-6,9-10,14H,4,7-8,11-12H2,(H,23,24). The molecule has 1 atom stereocenters. The van der Waals surface area contributed by atoms with E-state index in [1.54, 1.807) is 0 Å². The van der Waals surface area contributed by atoms with E-state index < -0.39 is 17.3 Å². The van der Waals surface area contributed by atoms with Crippen molar-refractivity contribution in [2.45, 2.75) is 25.5 Å². The summed E-state index contributed by atoms with van der Waals surface area (Å²) in [5.74, 6) is -2.00. The van der Waals surface area contributed by atoms with Gasteiger partial charge in [-0.1, -0.05) is 41.9 Å². The molecule has 1 saturated heterocycles. The predicted octanol–water partition coefficient (Wildman–Crippen LogP) is 4.22. The van der Waals surface area contributed by atoms with E-state index in [0.29, 0.717) is 6.54 Å². The third-order valence-electron chi connectivity index (χ3n) is 4.26. The van der Waals surface area contributed by atoms with Crippen LogP contribution in [0.25, 0.3) is 0 Å². The molecule has 4 nitrogen and oxygen atoms in total. The van der Waals surface area contributed by atoms with Crippen LogP contribution in [-0.2, 0) is 6.54 Å². The number of carboxylic acids is 1. The molecule has 0 saturated carbocycles. The first-order chi connectivity index (χ1) is 12.0. The molecule has 132 valence electrons. The van der Waals surface area contributed by atoms with E-state index in [2.05, 4.69) is 17.0 Å². The van der Waals surface area contributed by atoms with E-state index >= 15 is 0 Å². The Morgan fingerprint density at radius 3 is 2.80 bits per heavy atom. The van der Waals surface area contributed by atoms with Crippen LogP contribution in [0.3, 0.4) is 0 Å². The van der Waals surface area contributed by atoms with Crippen LogP contribution < -0.4 is 4.74 Å². The second-order valence-electron chi connectivity index (χ2n) is 6.17. The van der Waals surface area contributed by atoms with Gasteiger partial charge in [0.05, 0.1) is 10.6 Å². The number of benzene rings is 2. The molecule has 1 aliphatic rings. The summed E-state index contributed by atoms with van der Waals surface area (Å²) in [6, 6.07) is 12.3. The highest BCUT2D eigenvalue weighted by Crippen LogP contribution is 2.30. The summed E-state index contributed by atoms with van der Waals surface area (Å²) in [6.07, 6.45) is 1.72. The summed E-state index contributed by atoms with van der Waals surface area (Å²) in [5.41, 5.74) is 0.782. The lowest BCUT2D eigenvalue weighted by atomic mass is 10.1. The maximum atomic E-state index is 13.9. The first-order valence-electron chi connectivity index (χ1n) is 8.18. The van der Waals surface area contributed by atoms with Crippen molar-refractivity contribution in [3.8, 4) is 5.75 Å². The first kappa shape index (κ1) is 17.7. The lowest BCUT2D eigenvalue weighted by molar-refractivity contribution is 0.0691. The average Bonchev–Trinajstić information content (AvgIpc) is 2.59. The Bertz CT molecular complexity index is 754. The van der Waals surface area contributed by atoms with Crippen molar-refractivity contribution in [1.82, 2.24) is 4.90 Å². The summed E-state index contributed by atoms with van der Waals surface area (Å²) in [6.45, 7) is 2.53. The molecule has 1 heterocycles. The highest BCUT2D eigenvalue weighted by atomic mass is 35.5. The van der Waals surface area contributed by atoms with Gasteiger partial charge in [-0.05, 0) is 31.0 Å². The van der Waals surface area contributed by atoms with Gasteiger partial charge >= 0.3 is 5.97 Å². The number of nitrogens with zero attached hydrogens (tertiary/aromatic N) is 1. The molecule has 1 unspecified atom stereocenters. The Hall–Kier alpha value is -2.11. The van der Waals surface area contributed by atoms with Crippen molar-refractivity contribution in [2.24, 2.45) is 0 Å². The van der Waals surface area contributed by atoms with Crippen LogP contribution in [0, 0.1) is 5.82 Å². The van der Waals surface area contributed by atoms with Gasteiger partial charge in [0, 0.05) is 19.2 Å². The molecule has 1 N–H and O–H groups in total. The van der Waals surface area contributed by atoms with Crippen molar-refractivity contribution in [3.63, 3.8) is 0 Å². The second kappa shape index (κ2) is 7.85. The zero-order valence-corrected chi connectivity index (χ0v) is 14.4. The SMILES string of the molecule is O=C(O)c1cc(Cl)c(OC2CCCN(Cc3ccccc3)C2)cc1F. The van der Waals surface area contributed by atoms with Crippen molar-refractivity contribution in [2.75, 3.05) is 13.1 Å². The van der Waals surface area contributed by atoms with Gasteiger partial charge in [-0.2, -0.15) is 0 Å². The molecule has 2 aromatic carbocycles. The number of carbonyl (C=O) groups is 1. The van der Waals surface area contributed by atoms with E-state index in [9.17, 15) is 9.18 Å². The number of halogens is 2. The molecule has 0 aliphatic carbocycles. The van der Waals surface area contributed by atoms with Crippen molar-refractivity contribution in [3.05, 3.63) is 64.4 Å². The number of carboxylic acid groups (broad SMARTS) is 1. The highest BCUT2D eigenvalue weighted by Gasteiger charge is 2.23. The molecule has 1 fully saturated rings. The normalized spacial score (nSPS) is 18.1. The molecule has 0 bridgehead atoms. The summed E-state index contributed by atoms with van der Waals surface area (Å²) in [5, 5.41) is 9.04. The molecular weight excluding hydrogens is 345 g/mol. The van der Waals surface area contributed by atoms with E-state index in [1.807, 2.05) is 18.2 Å². The summed E-state index contributed by atoms with van der Waals surface area (Å²) in [4.78, 5) is 13.2. The quantitative estimate of drug-likeness (QED) is 0.864. The molecule has 2 aromatic rings. The predicted molar refractivity (Wildman–Crippen MR) is 93.7 cm³/mol. The Kier molecular flexibility index (Phi) is 5.56. The van der Waals surface area contributed by atoms with Crippen molar-refractivity contribution < 1.29 is 19.0 Å². The zero-order chi connectivity index (χ0) is 17.8. The number of hydrogen-bond acceptors (Lipinski definition) is 3. The summed E-state index contributed by atoms with van der Waals surface area (Å²) >= 11 is 6.06. The number of likely N-dealkylation sites (tertiary alicyclic amines) is 1. The third-order valence-corrected chi connectivity index (χ3v) is 4.55. The fourth-order valence-electron chi connectivity index (χ4n) is 3.06. The van der Waals surface area contributed by atoms with Gasteiger partial charge in [0.2, 0.25) is 0 Å². The molecule has 1 aliphatic heterocycles. The summed E-state index contributed by atoms with van der Waals surface area (Å²) < 4.78 is 19.7. The second-order valence-corrected chi connectivity index (χ2v) is 6.58. The Morgan fingerprint density at radius 1 is 1.32 bits per heavy atom. The van der Waals surface area contributed by atoms with Gasteiger partial charge in [-0.3, -0.25) is 4.90 Å². The molecule has 25 heavy (non-hydrogen) atoms. The van der Waals surface area contributed by atoms with Crippen LogP contribution in [0.4, 0.5) is 4.39 Å². The largest absolute Gasteiger partial charge is 0.487 e. The minimum atomic E-state index is -1.35. The molecule has 6 heteroatoms. The molecule has 3 rings (SSSR count). The van der Waals surface area contributed by atoms with Crippen LogP contribution in [0.1, 0.15) is 28.8 Å². The van der Waals surface area contributed by atoms with Gasteiger partial charge in [-0.15, -0.1) is 0 Å². The van der Waals surface area contributed by atoms with Crippen LogP contribution >= 0.6 is 11.6 Å². The lowest BCUT2D eigenvalue weighted by Gasteiger charge is -2.33. The highest BCUT2D eigenvalue weighted by molar-refractivity contribution is 6.32. The Labute approximate surface area is 150 Å². The van der Waals surface area contributed by atoms with E-state index in [1.165, 1.54) is 5.56 Å². The van der Waals surface area contributed by atoms with Crippen molar-refractivity contribution >= 4 is 17.6 Å². The third kappa shape index (κ3) is 4.50. The fraction of sp³-hybridized carbons (Fsp3) is 0.316. The molecule has 0 aromatic heterocycles. The topological polar surface area (TPSA) is 49.8 Å². The molecular formula is C19H19ClFNO3. The van der Waals surface area contributed by atoms with Crippen LogP contribution in [-0.4, -0.2) is 35.2 Å².